The fourth-order valence-electron chi connectivity index (χ4n) is 4.69. The van der Waals surface area contributed by atoms with Gasteiger partial charge >= 0.3 is 6.03 Å². The van der Waals surface area contributed by atoms with Crippen LogP contribution in [0.3, 0.4) is 0 Å². The van der Waals surface area contributed by atoms with Crippen LogP contribution in [0.25, 0.3) is 10.9 Å². The van der Waals surface area contributed by atoms with E-state index in [4.69, 9.17) is 0 Å². The van der Waals surface area contributed by atoms with Crippen molar-refractivity contribution in [1.29, 1.82) is 0 Å². The summed E-state index contributed by atoms with van der Waals surface area (Å²) in [5.41, 5.74) is 2.19. The third-order valence-corrected chi connectivity index (χ3v) is 6.06. The van der Waals surface area contributed by atoms with E-state index in [2.05, 4.69) is 22.2 Å². The molecule has 2 amide bonds. The number of hydrogen-bond donors (Lipinski definition) is 2. The van der Waals surface area contributed by atoms with E-state index in [0.717, 1.165) is 42.0 Å². The molecular weight excluding hydrogens is 300 g/mol. The second kappa shape index (κ2) is 6.11. The standard InChI is InChI=1S/C19H26N4O/c1-2-14-4-7-19(10-14)6-3-9-23(13-19)18(24)22-17-12-21-16-5-8-20-11-15(16)17/h5,8,11-12,14,21H,2-4,6-7,9-10,13H2,1H3,(H,22,24). The van der Waals surface area contributed by atoms with Gasteiger partial charge in [-0.15, -0.1) is 0 Å². The molecule has 0 radical (unpaired) electrons. The molecule has 1 spiro atoms. The summed E-state index contributed by atoms with van der Waals surface area (Å²) in [6.07, 6.45) is 13.0. The topological polar surface area (TPSA) is 61.0 Å². The zero-order chi connectivity index (χ0) is 16.6. The van der Waals surface area contributed by atoms with Crippen molar-refractivity contribution >= 4 is 22.6 Å². The van der Waals surface area contributed by atoms with Crippen LogP contribution in [0.2, 0.25) is 0 Å². The normalized spacial score (nSPS) is 27.0. The van der Waals surface area contributed by atoms with Crippen molar-refractivity contribution in [1.82, 2.24) is 14.9 Å². The number of rotatable bonds is 2. The van der Waals surface area contributed by atoms with Crippen LogP contribution in [0, 0.1) is 11.3 Å². The smallest absolute Gasteiger partial charge is 0.321 e. The van der Waals surface area contributed by atoms with Gasteiger partial charge in [0.25, 0.3) is 0 Å². The minimum absolute atomic E-state index is 0.0266. The molecule has 1 aliphatic carbocycles. The molecule has 0 bridgehead atoms. The van der Waals surface area contributed by atoms with E-state index in [9.17, 15) is 4.79 Å². The predicted molar refractivity (Wildman–Crippen MR) is 96.0 cm³/mol. The highest BCUT2D eigenvalue weighted by atomic mass is 16.2. The highest BCUT2D eigenvalue weighted by Crippen LogP contribution is 2.48. The Bertz CT molecular complexity index is 740. The van der Waals surface area contributed by atoms with Gasteiger partial charge in [0.1, 0.15) is 0 Å². The number of anilines is 1. The van der Waals surface area contributed by atoms with E-state index in [1.54, 1.807) is 12.4 Å². The van der Waals surface area contributed by atoms with E-state index in [1.165, 1.54) is 32.1 Å². The van der Waals surface area contributed by atoms with Crippen molar-refractivity contribution < 1.29 is 4.79 Å². The number of fused-ring (bicyclic) bond motifs is 1. The zero-order valence-corrected chi connectivity index (χ0v) is 14.3. The molecule has 2 aromatic rings. The van der Waals surface area contributed by atoms with Crippen LogP contribution in [-0.4, -0.2) is 34.0 Å². The Morgan fingerprint density at radius 1 is 1.50 bits per heavy atom. The summed E-state index contributed by atoms with van der Waals surface area (Å²) in [4.78, 5) is 22.1. The van der Waals surface area contributed by atoms with Gasteiger partial charge in [-0.2, -0.15) is 0 Å². The van der Waals surface area contributed by atoms with E-state index in [-0.39, 0.29) is 6.03 Å². The summed E-state index contributed by atoms with van der Waals surface area (Å²) in [5.74, 6) is 0.854. The highest BCUT2D eigenvalue weighted by molar-refractivity contribution is 6.00. The number of urea groups is 1. The number of likely N-dealkylation sites (tertiary alicyclic amines) is 1. The summed E-state index contributed by atoms with van der Waals surface area (Å²) < 4.78 is 0. The van der Waals surface area contributed by atoms with Gasteiger partial charge in [0, 0.05) is 37.1 Å². The Labute approximate surface area is 142 Å². The van der Waals surface area contributed by atoms with Crippen LogP contribution in [0.5, 0.6) is 0 Å². The minimum Gasteiger partial charge on any atom is -0.359 e. The lowest BCUT2D eigenvalue weighted by Crippen LogP contribution is -2.46. The Kier molecular flexibility index (Phi) is 3.94. The Morgan fingerprint density at radius 3 is 3.25 bits per heavy atom. The van der Waals surface area contributed by atoms with Gasteiger partial charge in [-0.05, 0) is 49.5 Å². The molecule has 2 aromatic heterocycles. The molecule has 1 aliphatic heterocycles. The van der Waals surface area contributed by atoms with Crippen LogP contribution < -0.4 is 5.32 Å². The molecule has 2 aliphatic rings. The molecule has 24 heavy (non-hydrogen) atoms. The van der Waals surface area contributed by atoms with Gasteiger partial charge in [-0.1, -0.05) is 13.3 Å². The van der Waals surface area contributed by atoms with Gasteiger partial charge in [-0.25, -0.2) is 4.79 Å². The first kappa shape index (κ1) is 15.5. The van der Waals surface area contributed by atoms with Gasteiger partial charge < -0.3 is 15.2 Å². The molecule has 2 atom stereocenters. The molecule has 4 rings (SSSR count). The SMILES string of the molecule is CCC1CCC2(CCCN(C(=O)Nc3c[nH]c4ccncc34)C2)C1. The molecule has 1 saturated heterocycles. The summed E-state index contributed by atoms with van der Waals surface area (Å²) >= 11 is 0. The second-order valence-electron chi connectivity index (χ2n) is 7.60. The number of aromatic nitrogens is 2. The maximum atomic E-state index is 12.8. The Balaban J connectivity index is 1.46. The average molecular weight is 326 g/mol. The van der Waals surface area contributed by atoms with Crippen molar-refractivity contribution in [2.45, 2.75) is 45.4 Å². The number of nitrogens with one attached hydrogen (secondary N) is 2. The molecule has 0 aromatic carbocycles. The van der Waals surface area contributed by atoms with Crippen molar-refractivity contribution in [3.05, 3.63) is 24.7 Å². The lowest BCUT2D eigenvalue weighted by Gasteiger charge is -2.40. The predicted octanol–water partition coefficient (Wildman–Crippen LogP) is 4.39. The lowest BCUT2D eigenvalue weighted by molar-refractivity contribution is 0.112. The summed E-state index contributed by atoms with van der Waals surface area (Å²) in [7, 11) is 0. The maximum Gasteiger partial charge on any atom is 0.321 e. The highest BCUT2D eigenvalue weighted by Gasteiger charge is 2.42. The number of amides is 2. The first-order valence-electron chi connectivity index (χ1n) is 9.16. The molecule has 1 saturated carbocycles. The van der Waals surface area contributed by atoms with Crippen molar-refractivity contribution in [3.63, 3.8) is 0 Å². The number of H-pyrrole nitrogens is 1. The lowest BCUT2D eigenvalue weighted by atomic mass is 9.77. The summed E-state index contributed by atoms with van der Waals surface area (Å²) in [6.45, 7) is 4.07. The third-order valence-electron chi connectivity index (χ3n) is 6.06. The summed E-state index contributed by atoms with van der Waals surface area (Å²) in [6, 6.07) is 1.95. The van der Waals surface area contributed by atoms with E-state index in [0.29, 0.717) is 5.41 Å². The number of carbonyl (C=O) groups excluding carboxylic acids is 1. The molecule has 2 unspecified atom stereocenters. The van der Waals surface area contributed by atoms with E-state index >= 15 is 0 Å². The van der Waals surface area contributed by atoms with Crippen LogP contribution >= 0.6 is 0 Å². The van der Waals surface area contributed by atoms with Gasteiger partial charge in [0.15, 0.2) is 0 Å². The quantitative estimate of drug-likeness (QED) is 0.860. The molecule has 2 N–H and O–H groups in total. The van der Waals surface area contributed by atoms with Crippen molar-refractivity contribution in [2.75, 3.05) is 18.4 Å². The number of nitrogens with zero attached hydrogens (tertiary/aromatic N) is 2. The van der Waals surface area contributed by atoms with Crippen LogP contribution in [0.1, 0.15) is 45.4 Å². The fourth-order valence-corrected chi connectivity index (χ4v) is 4.69. The monoisotopic (exact) mass is 326 g/mol. The largest absolute Gasteiger partial charge is 0.359 e. The van der Waals surface area contributed by atoms with Crippen LogP contribution in [0.4, 0.5) is 10.5 Å². The molecule has 5 nitrogen and oxygen atoms in total. The molecule has 2 fully saturated rings. The number of piperidine rings is 1. The number of carbonyl (C=O) groups is 1. The van der Waals surface area contributed by atoms with Crippen LogP contribution in [0.15, 0.2) is 24.7 Å². The zero-order valence-electron chi connectivity index (χ0n) is 14.3. The van der Waals surface area contributed by atoms with Gasteiger partial charge in [-0.3, -0.25) is 4.98 Å². The average Bonchev–Trinajstić information content (AvgIpc) is 3.20. The Hall–Kier alpha value is -2.04. The minimum atomic E-state index is 0.0266. The third kappa shape index (κ3) is 2.76. The fraction of sp³-hybridized carbons (Fsp3) is 0.579. The number of aromatic amines is 1. The van der Waals surface area contributed by atoms with Gasteiger partial charge in [0.2, 0.25) is 0 Å². The van der Waals surface area contributed by atoms with Crippen molar-refractivity contribution in [3.8, 4) is 0 Å². The second-order valence-corrected chi connectivity index (χ2v) is 7.60. The Morgan fingerprint density at radius 2 is 2.42 bits per heavy atom. The molecule has 128 valence electrons. The maximum absolute atomic E-state index is 12.8. The molecular formula is C19H26N4O. The number of hydrogen-bond acceptors (Lipinski definition) is 2. The summed E-state index contributed by atoms with van der Waals surface area (Å²) in [5, 5.41) is 4.04. The van der Waals surface area contributed by atoms with E-state index in [1.807, 2.05) is 17.2 Å². The van der Waals surface area contributed by atoms with E-state index < -0.39 is 0 Å². The number of pyridine rings is 1. The van der Waals surface area contributed by atoms with Crippen LogP contribution in [-0.2, 0) is 0 Å². The first-order chi connectivity index (χ1) is 11.7. The molecule has 5 heteroatoms. The first-order valence-corrected chi connectivity index (χ1v) is 9.16. The van der Waals surface area contributed by atoms with Gasteiger partial charge in [0.05, 0.1) is 11.2 Å². The van der Waals surface area contributed by atoms with Crippen molar-refractivity contribution in [2.24, 2.45) is 11.3 Å². The molecule has 3 heterocycles.